The van der Waals surface area contributed by atoms with Crippen LogP contribution in [0.4, 0.5) is 5.69 Å². The number of hydrogen-bond donors (Lipinski definition) is 2. The first kappa shape index (κ1) is 13.4. The van der Waals surface area contributed by atoms with Crippen LogP contribution in [-0.4, -0.2) is 12.1 Å². The van der Waals surface area contributed by atoms with Gasteiger partial charge in [0.1, 0.15) is 0 Å². The van der Waals surface area contributed by atoms with Gasteiger partial charge in [-0.3, -0.25) is 0 Å². The molecule has 1 fully saturated rings. The van der Waals surface area contributed by atoms with E-state index in [1.807, 2.05) is 0 Å². The first-order chi connectivity index (χ1) is 8.74. The predicted octanol–water partition coefficient (Wildman–Crippen LogP) is 3.93. The lowest BCUT2D eigenvalue weighted by molar-refractivity contribution is 0.462. The van der Waals surface area contributed by atoms with Gasteiger partial charge < -0.3 is 10.6 Å². The summed E-state index contributed by atoms with van der Waals surface area (Å²) >= 11 is 0. The van der Waals surface area contributed by atoms with Gasteiger partial charge in [-0.15, -0.1) is 0 Å². The molecule has 0 amide bonds. The molecule has 0 spiro atoms. The van der Waals surface area contributed by atoms with Crippen LogP contribution < -0.4 is 10.6 Å². The molecule has 1 aliphatic rings. The fraction of sp³-hybridized carbons (Fsp3) is 0.625. The van der Waals surface area contributed by atoms with Crippen LogP contribution in [0.5, 0.6) is 0 Å². The molecule has 2 N–H and O–H groups in total. The fourth-order valence-corrected chi connectivity index (χ4v) is 2.58. The Morgan fingerprint density at radius 3 is 2.67 bits per heavy atom. The topological polar surface area (TPSA) is 24.1 Å². The Morgan fingerprint density at radius 2 is 1.94 bits per heavy atom. The number of benzene rings is 1. The Balaban J connectivity index is 1.89. The van der Waals surface area contributed by atoms with E-state index in [1.165, 1.54) is 43.4 Å². The maximum absolute atomic E-state index is 3.68. The molecule has 0 radical (unpaired) electrons. The summed E-state index contributed by atoms with van der Waals surface area (Å²) in [5.41, 5.74) is 2.65. The number of anilines is 1. The SMILES string of the molecule is CC(C)NCc1cccc(NC2CCCCC2)c1. The summed E-state index contributed by atoms with van der Waals surface area (Å²) in [5, 5.41) is 7.15. The van der Waals surface area contributed by atoms with Crippen molar-refractivity contribution in [3.8, 4) is 0 Å². The van der Waals surface area contributed by atoms with Crippen LogP contribution in [0.1, 0.15) is 51.5 Å². The molecular weight excluding hydrogens is 220 g/mol. The van der Waals surface area contributed by atoms with E-state index in [2.05, 4.69) is 48.7 Å². The highest BCUT2D eigenvalue weighted by Crippen LogP contribution is 2.22. The number of nitrogens with one attached hydrogen (secondary N) is 2. The molecule has 18 heavy (non-hydrogen) atoms. The molecule has 1 aromatic rings. The molecule has 0 bridgehead atoms. The standard InChI is InChI=1S/C16H26N2/c1-13(2)17-12-14-7-6-10-16(11-14)18-15-8-4-3-5-9-15/h6-7,10-11,13,15,17-18H,3-5,8-9,12H2,1-2H3. The maximum Gasteiger partial charge on any atom is 0.0345 e. The highest BCUT2D eigenvalue weighted by molar-refractivity contribution is 5.46. The smallest absolute Gasteiger partial charge is 0.0345 e. The molecule has 1 saturated carbocycles. The zero-order valence-corrected chi connectivity index (χ0v) is 11.7. The minimum atomic E-state index is 0.542. The van der Waals surface area contributed by atoms with Gasteiger partial charge in [0.15, 0.2) is 0 Å². The molecule has 0 unspecified atom stereocenters. The van der Waals surface area contributed by atoms with Gasteiger partial charge in [-0.25, -0.2) is 0 Å². The summed E-state index contributed by atoms with van der Waals surface area (Å²) in [6.45, 7) is 5.33. The first-order valence-corrected chi connectivity index (χ1v) is 7.33. The van der Waals surface area contributed by atoms with Crippen LogP contribution in [0.3, 0.4) is 0 Å². The summed E-state index contributed by atoms with van der Waals surface area (Å²) < 4.78 is 0. The average Bonchev–Trinajstić information content (AvgIpc) is 2.38. The van der Waals surface area contributed by atoms with Crippen LogP contribution in [0.2, 0.25) is 0 Å². The van der Waals surface area contributed by atoms with Crippen molar-refractivity contribution in [3.63, 3.8) is 0 Å². The second-order valence-corrected chi connectivity index (χ2v) is 5.72. The van der Waals surface area contributed by atoms with Gasteiger partial charge in [0.25, 0.3) is 0 Å². The lowest BCUT2D eigenvalue weighted by atomic mass is 9.95. The van der Waals surface area contributed by atoms with E-state index >= 15 is 0 Å². The maximum atomic E-state index is 3.68. The Hall–Kier alpha value is -1.02. The van der Waals surface area contributed by atoms with Crippen LogP contribution in [0.25, 0.3) is 0 Å². The molecule has 2 rings (SSSR count). The van der Waals surface area contributed by atoms with E-state index in [4.69, 9.17) is 0 Å². The molecule has 0 aromatic heterocycles. The van der Waals surface area contributed by atoms with Gasteiger partial charge in [-0.2, -0.15) is 0 Å². The van der Waals surface area contributed by atoms with Crippen molar-refractivity contribution in [1.82, 2.24) is 5.32 Å². The molecule has 2 heteroatoms. The van der Waals surface area contributed by atoms with Crippen LogP contribution >= 0.6 is 0 Å². The van der Waals surface area contributed by atoms with Crippen LogP contribution in [-0.2, 0) is 6.54 Å². The Kier molecular flexibility index (Phi) is 5.06. The molecule has 100 valence electrons. The summed E-state index contributed by atoms with van der Waals surface area (Å²) in [7, 11) is 0. The highest BCUT2D eigenvalue weighted by atomic mass is 14.9. The molecule has 0 aliphatic heterocycles. The number of hydrogen-bond acceptors (Lipinski definition) is 2. The van der Waals surface area contributed by atoms with Crippen molar-refractivity contribution < 1.29 is 0 Å². The van der Waals surface area contributed by atoms with Crippen molar-refractivity contribution in [2.45, 2.75) is 64.6 Å². The predicted molar refractivity (Wildman–Crippen MR) is 78.9 cm³/mol. The Labute approximate surface area is 111 Å². The fourth-order valence-electron chi connectivity index (χ4n) is 2.58. The van der Waals surface area contributed by atoms with Gasteiger partial charge in [0.2, 0.25) is 0 Å². The van der Waals surface area contributed by atoms with Crippen molar-refractivity contribution >= 4 is 5.69 Å². The molecular formula is C16H26N2. The van der Waals surface area contributed by atoms with Gasteiger partial charge >= 0.3 is 0 Å². The minimum absolute atomic E-state index is 0.542. The van der Waals surface area contributed by atoms with Crippen molar-refractivity contribution in [3.05, 3.63) is 29.8 Å². The second kappa shape index (κ2) is 6.79. The average molecular weight is 246 g/mol. The van der Waals surface area contributed by atoms with E-state index in [0.717, 1.165) is 6.54 Å². The molecule has 1 aromatic carbocycles. The van der Waals surface area contributed by atoms with Gasteiger partial charge in [-0.1, -0.05) is 45.2 Å². The quantitative estimate of drug-likeness (QED) is 0.822. The summed E-state index contributed by atoms with van der Waals surface area (Å²) in [6, 6.07) is 10.0. The Bertz CT molecular complexity index is 354. The lowest BCUT2D eigenvalue weighted by Crippen LogP contribution is -2.23. The molecule has 0 saturated heterocycles. The van der Waals surface area contributed by atoms with Crippen molar-refractivity contribution in [2.24, 2.45) is 0 Å². The molecule has 1 aliphatic carbocycles. The third-order valence-electron chi connectivity index (χ3n) is 3.62. The lowest BCUT2D eigenvalue weighted by Gasteiger charge is -2.24. The second-order valence-electron chi connectivity index (χ2n) is 5.72. The van der Waals surface area contributed by atoms with Crippen molar-refractivity contribution in [2.75, 3.05) is 5.32 Å². The van der Waals surface area contributed by atoms with Gasteiger partial charge in [-0.05, 0) is 30.5 Å². The van der Waals surface area contributed by atoms with Gasteiger partial charge in [0.05, 0.1) is 0 Å². The number of rotatable bonds is 5. The van der Waals surface area contributed by atoms with Crippen LogP contribution in [0.15, 0.2) is 24.3 Å². The normalized spacial score (nSPS) is 17.1. The van der Waals surface area contributed by atoms with Crippen molar-refractivity contribution in [1.29, 1.82) is 0 Å². The van der Waals surface area contributed by atoms with E-state index in [1.54, 1.807) is 0 Å². The van der Waals surface area contributed by atoms with Gasteiger partial charge in [0, 0.05) is 24.3 Å². The van der Waals surface area contributed by atoms with E-state index in [9.17, 15) is 0 Å². The molecule has 2 nitrogen and oxygen atoms in total. The zero-order chi connectivity index (χ0) is 12.8. The van der Waals surface area contributed by atoms with E-state index < -0.39 is 0 Å². The first-order valence-electron chi connectivity index (χ1n) is 7.33. The third kappa shape index (κ3) is 4.34. The van der Waals surface area contributed by atoms with Crippen LogP contribution in [0, 0.1) is 0 Å². The summed E-state index contributed by atoms with van der Waals surface area (Å²) in [4.78, 5) is 0. The highest BCUT2D eigenvalue weighted by Gasteiger charge is 2.12. The largest absolute Gasteiger partial charge is 0.382 e. The van der Waals surface area contributed by atoms with E-state index in [0.29, 0.717) is 12.1 Å². The molecule has 0 heterocycles. The zero-order valence-electron chi connectivity index (χ0n) is 11.7. The third-order valence-corrected chi connectivity index (χ3v) is 3.62. The van der Waals surface area contributed by atoms with E-state index in [-0.39, 0.29) is 0 Å². The Morgan fingerprint density at radius 1 is 1.17 bits per heavy atom. The molecule has 0 atom stereocenters. The minimum Gasteiger partial charge on any atom is -0.382 e. The monoisotopic (exact) mass is 246 g/mol. The summed E-state index contributed by atoms with van der Waals surface area (Å²) in [6.07, 6.45) is 6.83. The summed E-state index contributed by atoms with van der Waals surface area (Å²) in [5.74, 6) is 0.